The molecule has 0 heterocycles. The van der Waals surface area contributed by atoms with Crippen molar-refractivity contribution >= 4 is 27.7 Å². The molecular formula is C30H31ClO6S. The van der Waals surface area contributed by atoms with Crippen LogP contribution in [0.25, 0.3) is 0 Å². The van der Waals surface area contributed by atoms with Crippen molar-refractivity contribution in [2.24, 2.45) is 23.7 Å². The topological polar surface area (TPSA) is 78.9 Å². The van der Waals surface area contributed by atoms with E-state index in [4.69, 9.17) is 25.3 Å². The van der Waals surface area contributed by atoms with E-state index in [2.05, 4.69) is 6.92 Å². The number of fused-ring (bicyclic) bond motifs is 1. The quantitative estimate of drug-likeness (QED) is 0.208. The van der Waals surface area contributed by atoms with E-state index in [-0.39, 0.29) is 22.1 Å². The molecule has 2 aliphatic rings. The second kappa shape index (κ2) is 11.5. The molecule has 5 rings (SSSR count). The van der Waals surface area contributed by atoms with Crippen LogP contribution in [0.15, 0.2) is 83.8 Å². The van der Waals surface area contributed by atoms with E-state index in [1.807, 2.05) is 24.3 Å². The first-order valence-corrected chi connectivity index (χ1v) is 14.7. The van der Waals surface area contributed by atoms with Gasteiger partial charge in [0.2, 0.25) is 6.10 Å². The first-order chi connectivity index (χ1) is 18.3. The monoisotopic (exact) mass is 554 g/mol. The van der Waals surface area contributed by atoms with Gasteiger partial charge in [0.1, 0.15) is 12.4 Å². The van der Waals surface area contributed by atoms with Crippen LogP contribution in [-0.4, -0.2) is 21.0 Å². The van der Waals surface area contributed by atoms with E-state index < -0.39 is 22.2 Å². The molecule has 4 unspecified atom stereocenters. The Hall–Kier alpha value is -2.87. The number of carbonyl (C=O) groups excluding carboxylic acids is 1. The average molecular weight is 555 g/mol. The van der Waals surface area contributed by atoms with Gasteiger partial charge in [-0.15, -0.1) is 0 Å². The summed E-state index contributed by atoms with van der Waals surface area (Å²) in [5.74, 6) is 2.94. The number of halogens is 1. The Kier molecular flexibility index (Phi) is 8.07. The first-order valence-electron chi connectivity index (χ1n) is 12.9. The molecule has 3 aromatic carbocycles. The Balaban J connectivity index is 1.22. The lowest BCUT2D eigenvalue weighted by molar-refractivity contribution is -0.153. The van der Waals surface area contributed by atoms with Crippen LogP contribution < -0.4 is 4.74 Å². The summed E-state index contributed by atoms with van der Waals surface area (Å²) < 4.78 is 42.7. The summed E-state index contributed by atoms with van der Waals surface area (Å²) in [5, 5.41) is 0.198. The fourth-order valence-electron chi connectivity index (χ4n) is 5.31. The lowest BCUT2D eigenvalue weighted by atomic mass is 9.81. The summed E-state index contributed by atoms with van der Waals surface area (Å²) in [7, 11) is -4.25. The van der Waals surface area contributed by atoms with Crippen LogP contribution in [0.4, 0.5) is 0 Å². The van der Waals surface area contributed by atoms with E-state index in [1.165, 1.54) is 37.5 Å². The molecule has 0 radical (unpaired) electrons. The number of hydrogen-bond acceptors (Lipinski definition) is 6. The molecule has 2 saturated carbocycles. The molecule has 38 heavy (non-hydrogen) atoms. The summed E-state index contributed by atoms with van der Waals surface area (Å²) in [6.07, 6.45) is 2.43. The van der Waals surface area contributed by atoms with Crippen LogP contribution in [0.3, 0.4) is 0 Å². The normalized spacial score (nSPS) is 23.2. The lowest BCUT2D eigenvalue weighted by Crippen LogP contribution is -2.25. The molecule has 0 N–H and O–H groups in total. The summed E-state index contributed by atoms with van der Waals surface area (Å²) in [4.78, 5) is 13.0. The van der Waals surface area contributed by atoms with Gasteiger partial charge in [-0.25, -0.2) is 8.98 Å². The lowest BCUT2D eigenvalue weighted by Gasteiger charge is -2.28. The molecular weight excluding hydrogens is 524 g/mol. The van der Waals surface area contributed by atoms with E-state index >= 15 is 0 Å². The molecule has 200 valence electrons. The third-order valence-electron chi connectivity index (χ3n) is 7.65. The largest absolute Gasteiger partial charge is 0.493 e. The third-order valence-corrected chi connectivity index (χ3v) is 9.29. The van der Waals surface area contributed by atoms with Crippen LogP contribution in [0, 0.1) is 23.7 Å². The summed E-state index contributed by atoms with van der Waals surface area (Å²) in [5.41, 5.74) is 0.945. The molecule has 0 amide bonds. The molecule has 5 atom stereocenters. The van der Waals surface area contributed by atoms with Crippen molar-refractivity contribution in [1.29, 1.82) is 0 Å². The number of ether oxygens (including phenoxy) is 2. The highest BCUT2D eigenvalue weighted by atomic mass is 35.5. The zero-order valence-electron chi connectivity index (χ0n) is 21.2. The van der Waals surface area contributed by atoms with Gasteiger partial charge in [-0.05, 0) is 72.4 Å². The van der Waals surface area contributed by atoms with Gasteiger partial charge in [0.05, 0.1) is 11.5 Å². The third kappa shape index (κ3) is 6.22. The van der Waals surface area contributed by atoms with Gasteiger partial charge in [-0.2, -0.15) is 8.42 Å². The van der Waals surface area contributed by atoms with E-state index in [0.29, 0.717) is 11.8 Å². The van der Waals surface area contributed by atoms with E-state index in [1.54, 1.807) is 36.4 Å². The molecule has 0 aliphatic heterocycles. The van der Waals surface area contributed by atoms with Crippen LogP contribution >= 0.6 is 11.6 Å². The maximum absolute atomic E-state index is 13.1. The minimum Gasteiger partial charge on any atom is -0.493 e. The van der Waals surface area contributed by atoms with Gasteiger partial charge >= 0.3 is 5.97 Å². The van der Waals surface area contributed by atoms with E-state index in [0.717, 1.165) is 29.8 Å². The maximum Gasteiger partial charge on any atom is 0.341 e. The Morgan fingerprint density at radius 3 is 2.42 bits per heavy atom. The van der Waals surface area contributed by atoms with Crippen molar-refractivity contribution in [2.75, 3.05) is 6.61 Å². The van der Waals surface area contributed by atoms with Crippen molar-refractivity contribution in [3.05, 3.63) is 95.0 Å². The molecule has 3 aromatic rings. The fraction of sp³-hybridized carbons (Fsp3) is 0.367. The highest BCUT2D eigenvalue weighted by molar-refractivity contribution is 7.86. The number of carbonyl (C=O) groups is 1. The Morgan fingerprint density at radius 2 is 1.68 bits per heavy atom. The van der Waals surface area contributed by atoms with Gasteiger partial charge in [-0.3, -0.25) is 0 Å². The van der Waals surface area contributed by atoms with Crippen LogP contribution in [-0.2, 0) is 30.4 Å². The second-order valence-corrected chi connectivity index (χ2v) is 12.2. The van der Waals surface area contributed by atoms with Gasteiger partial charge < -0.3 is 9.47 Å². The van der Waals surface area contributed by atoms with Crippen LogP contribution in [0.2, 0.25) is 5.02 Å². The molecule has 2 aliphatic carbocycles. The molecule has 0 spiro atoms. The maximum atomic E-state index is 13.1. The van der Waals surface area contributed by atoms with E-state index in [9.17, 15) is 13.2 Å². The van der Waals surface area contributed by atoms with Crippen LogP contribution in [0.1, 0.15) is 43.4 Å². The summed E-state index contributed by atoms with van der Waals surface area (Å²) >= 11 is 6.28. The predicted molar refractivity (Wildman–Crippen MR) is 144 cm³/mol. The Bertz CT molecular complexity index is 1360. The smallest absolute Gasteiger partial charge is 0.341 e. The minimum atomic E-state index is -4.25. The van der Waals surface area contributed by atoms with Crippen molar-refractivity contribution in [3.8, 4) is 5.75 Å². The van der Waals surface area contributed by atoms with Gasteiger partial charge in [-0.1, -0.05) is 73.5 Å². The number of esters is 1. The second-order valence-electron chi connectivity index (χ2n) is 10.2. The highest BCUT2D eigenvalue weighted by Crippen LogP contribution is 2.54. The Labute approximate surface area is 229 Å². The zero-order valence-corrected chi connectivity index (χ0v) is 22.7. The first kappa shape index (κ1) is 26.7. The molecule has 0 saturated heterocycles. The number of hydrogen-bond donors (Lipinski definition) is 0. The van der Waals surface area contributed by atoms with Gasteiger partial charge in [0.25, 0.3) is 10.1 Å². The average Bonchev–Trinajstić information content (AvgIpc) is 3.71. The molecule has 8 heteroatoms. The van der Waals surface area contributed by atoms with Crippen molar-refractivity contribution in [3.63, 3.8) is 0 Å². The molecule has 0 bridgehead atoms. The van der Waals surface area contributed by atoms with Crippen molar-refractivity contribution < 1.29 is 26.9 Å². The van der Waals surface area contributed by atoms with Gasteiger partial charge in [0.15, 0.2) is 0 Å². The molecule has 2 fully saturated rings. The van der Waals surface area contributed by atoms with Gasteiger partial charge in [0, 0.05) is 10.6 Å². The Morgan fingerprint density at radius 1 is 0.974 bits per heavy atom. The number of benzene rings is 3. The SMILES string of the molecule is CC1CCC2CC2C1COc1ccc(COC(=O)[C@H](OS(=O)(=O)c2ccccc2)c2ccccc2Cl)cc1. The number of rotatable bonds is 10. The minimum absolute atomic E-state index is 0.0573. The summed E-state index contributed by atoms with van der Waals surface area (Å²) in [6, 6.07) is 21.5. The predicted octanol–water partition coefficient (Wildman–Crippen LogP) is 6.59. The van der Waals surface area contributed by atoms with Crippen molar-refractivity contribution in [1.82, 2.24) is 0 Å². The zero-order chi connectivity index (χ0) is 26.7. The standard InChI is InChI=1S/C30H31ClO6S/c1-20-11-14-22-17-26(22)27(20)19-35-23-15-12-21(13-16-23)18-36-30(32)29(25-9-5-6-10-28(25)31)37-38(33,34)24-7-3-2-4-8-24/h2-10,12-13,15-16,20,22,26-27,29H,11,14,17-19H2,1H3/t20?,22?,26?,27?,29-/m1/s1. The molecule has 0 aromatic heterocycles. The van der Waals surface area contributed by atoms with Crippen molar-refractivity contribution in [2.45, 2.75) is 43.8 Å². The highest BCUT2D eigenvalue weighted by Gasteiger charge is 2.48. The fourth-order valence-corrected chi connectivity index (χ4v) is 6.58. The van der Waals surface area contributed by atoms with Crippen LogP contribution in [0.5, 0.6) is 5.75 Å². The summed E-state index contributed by atoms with van der Waals surface area (Å²) in [6.45, 7) is 2.99. The molecule has 6 nitrogen and oxygen atoms in total.